The third kappa shape index (κ3) is 3.61. The van der Waals surface area contributed by atoms with Crippen molar-refractivity contribution in [3.8, 4) is 6.07 Å². The molecule has 4 heteroatoms. The van der Waals surface area contributed by atoms with E-state index in [2.05, 4.69) is 5.32 Å². The van der Waals surface area contributed by atoms with Gasteiger partial charge in [0.2, 0.25) is 5.91 Å². The van der Waals surface area contributed by atoms with E-state index in [1.165, 1.54) is 6.92 Å². The first-order chi connectivity index (χ1) is 4.70. The van der Waals surface area contributed by atoms with Crippen molar-refractivity contribution < 1.29 is 4.79 Å². The zero-order valence-corrected chi connectivity index (χ0v) is 5.72. The second-order valence-corrected chi connectivity index (χ2v) is 1.84. The summed E-state index contributed by atoms with van der Waals surface area (Å²) in [6, 6.07) is 1.85. The monoisotopic (exact) mass is 139 g/mol. The number of hydrogen-bond acceptors (Lipinski definition) is 3. The number of nitrogens with zero attached hydrogens (tertiary/aromatic N) is 1. The number of amides is 1. The lowest BCUT2D eigenvalue weighted by Gasteiger charge is -2.01. The number of rotatable bonds is 3. The Morgan fingerprint density at radius 1 is 2.00 bits per heavy atom. The molecule has 0 aromatic rings. The summed E-state index contributed by atoms with van der Waals surface area (Å²) in [5, 5.41) is 17.4. The first kappa shape index (κ1) is 8.63. The molecule has 1 unspecified atom stereocenters. The molecule has 0 rings (SSSR count). The number of nitrogens with one attached hydrogen (secondary N) is 2. The molecule has 0 spiro atoms. The summed E-state index contributed by atoms with van der Waals surface area (Å²) in [4.78, 5) is 10.3. The molecular weight excluding hydrogens is 130 g/mol. The number of carbonyl (C=O) groups is 1. The van der Waals surface area contributed by atoms with Gasteiger partial charge in [0.05, 0.1) is 12.0 Å². The van der Waals surface area contributed by atoms with Gasteiger partial charge in [0.1, 0.15) is 0 Å². The Labute approximate surface area is 59.4 Å². The van der Waals surface area contributed by atoms with Crippen LogP contribution in [0.5, 0.6) is 0 Å². The zero-order chi connectivity index (χ0) is 7.98. The maximum absolute atomic E-state index is 10.3. The largest absolute Gasteiger partial charge is 0.355 e. The van der Waals surface area contributed by atoms with Crippen LogP contribution >= 0.6 is 0 Å². The minimum atomic E-state index is -0.496. The molecule has 1 atom stereocenters. The Bertz CT molecular complexity index is 170. The van der Waals surface area contributed by atoms with E-state index in [0.717, 1.165) is 6.21 Å². The van der Waals surface area contributed by atoms with E-state index in [4.69, 9.17) is 10.7 Å². The Morgan fingerprint density at radius 3 is 2.90 bits per heavy atom. The van der Waals surface area contributed by atoms with E-state index in [1.807, 2.05) is 6.07 Å². The van der Waals surface area contributed by atoms with Gasteiger partial charge in [-0.1, -0.05) is 0 Å². The number of carbonyl (C=O) groups excluding carboxylic acids is 1. The highest BCUT2D eigenvalue weighted by Gasteiger charge is 2.01. The summed E-state index contributed by atoms with van der Waals surface area (Å²) in [5.74, 6) is -0.675. The summed E-state index contributed by atoms with van der Waals surface area (Å²) in [5.41, 5.74) is 0. The van der Waals surface area contributed by atoms with Crippen LogP contribution < -0.4 is 5.32 Å². The van der Waals surface area contributed by atoms with Crippen LogP contribution in [0.2, 0.25) is 0 Å². The maximum Gasteiger partial charge on any atom is 0.216 e. The molecule has 0 aliphatic heterocycles. The quantitative estimate of drug-likeness (QED) is 0.536. The summed E-state index contributed by atoms with van der Waals surface area (Å²) in [6.45, 7) is 1.60. The molecule has 0 bridgehead atoms. The van der Waals surface area contributed by atoms with Gasteiger partial charge in [-0.3, -0.25) is 4.79 Å². The molecular formula is C6H9N3O. The predicted molar refractivity (Wildman–Crippen MR) is 36.6 cm³/mol. The maximum atomic E-state index is 10.3. The standard InChI is InChI=1S/C6H9N3O/c1-5(10)9-4-6(2-7)3-8/h2,6-7H,4H2,1H3,(H,9,10). The van der Waals surface area contributed by atoms with Crippen LogP contribution in [0.1, 0.15) is 6.92 Å². The lowest BCUT2D eigenvalue weighted by Crippen LogP contribution is -2.26. The summed E-state index contributed by atoms with van der Waals surface area (Å²) in [6.07, 6.45) is 1.01. The molecule has 0 radical (unpaired) electrons. The molecule has 1 amide bonds. The van der Waals surface area contributed by atoms with Gasteiger partial charge in [0.25, 0.3) is 0 Å². The highest BCUT2D eigenvalue weighted by Crippen LogP contribution is 1.84. The van der Waals surface area contributed by atoms with Crippen LogP contribution in [0.15, 0.2) is 0 Å². The first-order valence-electron chi connectivity index (χ1n) is 2.85. The Balaban J connectivity index is 3.57. The minimum absolute atomic E-state index is 0.179. The van der Waals surface area contributed by atoms with Gasteiger partial charge in [0.15, 0.2) is 0 Å². The first-order valence-corrected chi connectivity index (χ1v) is 2.85. The summed E-state index contributed by atoms with van der Waals surface area (Å²) >= 11 is 0. The van der Waals surface area contributed by atoms with Crippen molar-refractivity contribution in [2.45, 2.75) is 6.92 Å². The molecule has 0 fully saturated rings. The van der Waals surface area contributed by atoms with Gasteiger partial charge < -0.3 is 10.7 Å². The van der Waals surface area contributed by atoms with Gasteiger partial charge in [-0.15, -0.1) is 0 Å². The van der Waals surface area contributed by atoms with Crippen molar-refractivity contribution in [2.75, 3.05) is 6.54 Å². The zero-order valence-electron chi connectivity index (χ0n) is 5.72. The Kier molecular flexibility index (Phi) is 3.89. The molecule has 0 saturated heterocycles. The Hall–Kier alpha value is -1.37. The second-order valence-electron chi connectivity index (χ2n) is 1.84. The molecule has 0 heterocycles. The third-order valence-electron chi connectivity index (χ3n) is 0.938. The molecule has 4 nitrogen and oxygen atoms in total. The van der Waals surface area contributed by atoms with E-state index >= 15 is 0 Å². The molecule has 2 N–H and O–H groups in total. The minimum Gasteiger partial charge on any atom is -0.355 e. The van der Waals surface area contributed by atoms with Crippen LogP contribution in [0.4, 0.5) is 0 Å². The van der Waals surface area contributed by atoms with Gasteiger partial charge in [-0.05, 0) is 0 Å². The summed E-state index contributed by atoms with van der Waals surface area (Å²) < 4.78 is 0. The average Bonchev–Trinajstić information content (AvgIpc) is 1.90. The lowest BCUT2D eigenvalue weighted by atomic mass is 10.2. The predicted octanol–water partition coefficient (Wildman–Crippen LogP) is -0.0881. The molecule has 0 aliphatic rings. The number of nitriles is 1. The smallest absolute Gasteiger partial charge is 0.216 e. The molecule has 0 aromatic carbocycles. The van der Waals surface area contributed by atoms with Crippen molar-refractivity contribution in [1.82, 2.24) is 5.32 Å². The summed E-state index contributed by atoms with van der Waals surface area (Å²) in [7, 11) is 0. The van der Waals surface area contributed by atoms with Crippen LogP contribution in [-0.4, -0.2) is 18.7 Å². The van der Waals surface area contributed by atoms with Crippen molar-refractivity contribution in [1.29, 1.82) is 10.7 Å². The van der Waals surface area contributed by atoms with E-state index in [1.54, 1.807) is 0 Å². The van der Waals surface area contributed by atoms with E-state index in [-0.39, 0.29) is 12.5 Å². The number of hydrogen-bond donors (Lipinski definition) is 2. The topological polar surface area (TPSA) is 76.7 Å². The Morgan fingerprint density at radius 2 is 2.60 bits per heavy atom. The van der Waals surface area contributed by atoms with E-state index in [0.29, 0.717) is 0 Å². The average molecular weight is 139 g/mol. The van der Waals surface area contributed by atoms with Crippen molar-refractivity contribution >= 4 is 12.1 Å². The highest BCUT2D eigenvalue weighted by atomic mass is 16.1. The van der Waals surface area contributed by atoms with Crippen molar-refractivity contribution in [3.63, 3.8) is 0 Å². The van der Waals surface area contributed by atoms with Crippen LogP contribution in [0, 0.1) is 22.7 Å². The highest BCUT2D eigenvalue weighted by molar-refractivity contribution is 5.73. The van der Waals surface area contributed by atoms with E-state index < -0.39 is 5.92 Å². The SMILES string of the molecule is CC(=O)NCC(C#N)C=N. The normalized spacial score (nSPS) is 11.2. The van der Waals surface area contributed by atoms with Crippen LogP contribution in [-0.2, 0) is 4.79 Å². The third-order valence-corrected chi connectivity index (χ3v) is 0.938. The molecule has 54 valence electrons. The van der Waals surface area contributed by atoms with Crippen LogP contribution in [0.3, 0.4) is 0 Å². The second kappa shape index (κ2) is 4.50. The van der Waals surface area contributed by atoms with Gasteiger partial charge in [-0.25, -0.2) is 0 Å². The van der Waals surface area contributed by atoms with Crippen molar-refractivity contribution in [3.05, 3.63) is 0 Å². The van der Waals surface area contributed by atoms with Crippen LogP contribution in [0.25, 0.3) is 0 Å². The van der Waals surface area contributed by atoms with Gasteiger partial charge >= 0.3 is 0 Å². The fourth-order valence-corrected chi connectivity index (χ4v) is 0.396. The van der Waals surface area contributed by atoms with Gasteiger partial charge in [0, 0.05) is 19.7 Å². The molecule has 0 aromatic heterocycles. The fourth-order valence-electron chi connectivity index (χ4n) is 0.396. The fraction of sp³-hybridized carbons (Fsp3) is 0.500. The van der Waals surface area contributed by atoms with Gasteiger partial charge in [-0.2, -0.15) is 5.26 Å². The lowest BCUT2D eigenvalue weighted by molar-refractivity contribution is -0.118. The van der Waals surface area contributed by atoms with Crippen molar-refractivity contribution in [2.24, 2.45) is 5.92 Å². The molecule has 10 heavy (non-hydrogen) atoms. The molecule has 0 aliphatic carbocycles. The van der Waals surface area contributed by atoms with E-state index in [9.17, 15) is 4.79 Å². The molecule has 0 saturated carbocycles.